The van der Waals surface area contributed by atoms with Gasteiger partial charge in [0, 0.05) is 13.1 Å². The summed E-state index contributed by atoms with van der Waals surface area (Å²) in [6, 6.07) is 0. The lowest BCUT2D eigenvalue weighted by Crippen LogP contribution is -2.39. The van der Waals surface area contributed by atoms with Crippen molar-refractivity contribution in [3.8, 4) is 0 Å². The van der Waals surface area contributed by atoms with E-state index < -0.39 is 0 Å². The third-order valence-corrected chi connectivity index (χ3v) is 4.07. The molecule has 1 saturated heterocycles. The minimum absolute atomic E-state index is 0.262. The SMILES string of the molecule is CCC1(C)CCN(c2nc(Cl)ncc2N)CC1. The van der Waals surface area contributed by atoms with Crippen LogP contribution in [0.2, 0.25) is 5.28 Å². The Morgan fingerprint density at radius 1 is 1.47 bits per heavy atom. The average Bonchev–Trinajstić information content (AvgIpc) is 2.34. The van der Waals surface area contributed by atoms with Gasteiger partial charge in [0.1, 0.15) is 0 Å². The Labute approximate surface area is 107 Å². The Bertz CT molecular complexity index is 399. The summed E-state index contributed by atoms with van der Waals surface area (Å²) in [7, 11) is 0. The largest absolute Gasteiger partial charge is 0.394 e. The van der Waals surface area contributed by atoms with Gasteiger partial charge in [0.05, 0.1) is 11.9 Å². The van der Waals surface area contributed by atoms with Gasteiger partial charge in [-0.2, -0.15) is 4.98 Å². The quantitative estimate of drug-likeness (QED) is 0.825. The minimum Gasteiger partial charge on any atom is -0.394 e. The van der Waals surface area contributed by atoms with Crippen LogP contribution in [0.3, 0.4) is 0 Å². The van der Waals surface area contributed by atoms with E-state index in [-0.39, 0.29) is 5.28 Å². The standard InChI is InChI=1S/C12H19ClN4/c1-3-12(2)4-6-17(7-5-12)10-9(14)8-15-11(13)16-10/h8H,3-7,14H2,1-2H3. The Morgan fingerprint density at radius 2 is 2.12 bits per heavy atom. The molecule has 2 heterocycles. The van der Waals surface area contributed by atoms with E-state index >= 15 is 0 Å². The number of nitrogens with zero attached hydrogens (tertiary/aromatic N) is 3. The van der Waals surface area contributed by atoms with Crippen LogP contribution in [0.4, 0.5) is 11.5 Å². The highest BCUT2D eigenvalue weighted by Gasteiger charge is 2.29. The van der Waals surface area contributed by atoms with E-state index in [1.807, 2.05) is 0 Å². The summed E-state index contributed by atoms with van der Waals surface area (Å²) in [5.41, 5.74) is 6.96. The molecule has 1 fully saturated rings. The van der Waals surface area contributed by atoms with E-state index in [1.54, 1.807) is 6.20 Å². The van der Waals surface area contributed by atoms with E-state index in [0.717, 1.165) is 18.9 Å². The predicted octanol–water partition coefficient (Wildman–Crippen LogP) is 2.73. The summed E-state index contributed by atoms with van der Waals surface area (Å²) in [5, 5.41) is 0.262. The second kappa shape index (κ2) is 4.69. The third kappa shape index (κ3) is 2.63. The van der Waals surface area contributed by atoms with Gasteiger partial charge in [0.15, 0.2) is 5.82 Å². The molecule has 0 aromatic carbocycles. The van der Waals surface area contributed by atoms with E-state index in [0.29, 0.717) is 11.1 Å². The number of hydrogen-bond acceptors (Lipinski definition) is 4. The second-order valence-corrected chi connectivity index (χ2v) is 5.41. The molecule has 5 heteroatoms. The first-order valence-corrected chi connectivity index (χ1v) is 6.45. The third-order valence-electron chi connectivity index (χ3n) is 3.89. The number of hydrogen-bond donors (Lipinski definition) is 1. The normalized spacial score (nSPS) is 19.4. The van der Waals surface area contributed by atoms with Crippen LogP contribution >= 0.6 is 11.6 Å². The molecule has 0 bridgehead atoms. The zero-order valence-corrected chi connectivity index (χ0v) is 11.2. The van der Waals surface area contributed by atoms with Crippen molar-refractivity contribution in [2.45, 2.75) is 33.1 Å². The topological polar surface area (TPSA) is 55.0 Å². The Morgan fingerprint density at radius 3 is 2.71 bits per heavy atom. The van der Waals surface area contributed by atoms with Gasteiger partial charge < -0.3 is 10.6 Å². The van der Waals surface area contributed by atoms with Crippen LogP contribution in [0.5, 0.6) is 0 Å². The molecule has 1 aliphatic rings. The van der Waals surface area contributed by atoms with Gasteiger partial charge in [-0.05, 0) is 29.9 Å². The highest BCUT2D eigenvalue weighted by Crippen LogP contribution is 2.36. The second-order valence-electron chi connectivity index (χ2n) is 5.07. The summed E-state index contributed by atoms with van der Waals surface area (Å²) in [6.07, 6.45) is 5.15. The first-order valence-electron chi connectivity index (χ1n) is 6.07. The molecule has 1 aromatic rings. The molecule has 0 amide bonds. The zero-order valence-electron chi connectivity index (χ0n) is 10.4. The van der Waals surface area contributed by atoms with E-state index in [9.17, 15) is 0 Å². The van der Waals surface area contributed by atoms with Crippen molar-refractivity contribution in [2.75, 3.05) is 23.7 Å². The van der Waals surface area contributed by atoms with Crippen LogP contribution in [0.25, 0.3) is 0 Å². The van der Waals surface area contributed by atoms with Gasteiger partial charge in [-0.15, -0.1) is 0 Å². The summed E-state index contributed by atoms with van der Waals surface area (Å²) in [5.74, 6) is 0.781. The maximum Gasteiger partial charge on any atom is 0.224 e. The molecule has 1 aliphatic heterocycles. The average molecular weight is 255 g/mol. The number of rotatable bonds is 2. The van der Waals surface area contributed by atoms with Gasteiger partial charge in [-0.3, -0.25) is 0 Å². The van der Waals surface area contributed by atoms with Gasteiger partial charge in [-0.1, -0.05) is 20.3 Å². The number of anilines is 2. The zero-order chi connectivity index (χ0) is 12.5. The van der Waals surface area contributed by atoms with E-state index in [4.69, 9.17) is 17.3 Å². The molecule has 0 atom stereocenters. The number of piperidine rings is 1. The van der Waals surface area contributed by atoms with Crippen molar-refractivity contribution in [2.24, 2.45) is 5.41 Å². The van der Waals surface area contributed by atoms with Gasteiger partial charge in [0.2, 0.25) is 5.28 Å². The maximum atomic E-state index is 5.90. The van der Waals surface area contributed by atoms with Crippen molar-refractivity contribution < 1.29 is 0 Å². The van der Waals surface area contributed by atoms with Gasteiger partial charge in [-0.25, -0.2) is 4.98 Å². The number of halogens is 1. The lowest BCUT2D eigenvalue weighted by molar-refractivity contribution is 0.238. The molecule has 2 rings (SSSR count). The predicted molar refractivity (Wildman–Crippen MR) is 71.3 cm³/mol. The van der Waals surface area contributed by atoms with Crippen molar-refractivity contribution in [3.05, 3.63) is 11.5 Å². The van der Waals surface area contributed by atoms with E-state index in [1.165, 1.54) is 19.3 Å². The summed E-state index contributed by atoms with van der Waals surface area (Å²) in [4.78, 5) is 10.3. The lowest BCUT2D eigenvalue weighted by Gasteiger charge is -2.39. The molecule has 17 heavy (non-hydrogen) atoms. The number of aromatic nitrogens is 2. The number of nitrogens with two attached hydrogens (primary N) is 1. The first kappa shape index (κ1) is 12.4. The molecule has 94 valence electrons. The molecule has 0 saturated carbocycles. The molecule has 0 spiro atoms. The van der Waals surface area contributed by atoms with E-state index in [2.05, 4.69) is 28.7 Å². The summed E-state index contributed by atoms with van der Waals surface area (Å²) < 4.78 is 0. The molecule has 2 N–H and O–H groups in total. The van der Waals surface area contributed by atoms with Crippen LogP contribution in [0, 0.1) is 5.41 Å². The Balaban J connectivity index is 2.13. The van der Waals surface area contributed by atoms with Gasteiger partial charge in [0.25, 0.3) is 0 Å². The Kier molecular flexibility index (Phi) is 3.43. The Hall–Kier alpha value is -1.03. The van der Waals surface area contributed by atoms with Crippen molar-refractivity contribution in [1.29, 1.82) is 0 Å². The van der Waals surface area contributed by atoms with Crippen LogP contribution in [0.1, 0.15) is 33.1 Å². The van der Waals surface area contributed by atoms with Crippen LogP contribution in [0.15, 0.2) is 6.20 Å². The monoisotopic (exact) mass is 254 g/mol. The van der Waals surface area contributed by atoms with Crippen molar-refractivity contribution >= 4 is 23.1 Å². The maximum absolute atomic E-state index is 5.90. The molecule has 4 nitrogen and oxygen atoms in total. The molecule has 1 aromatic heterocycles. The van der Waals surface area contributed by atoms with Gasteiger partial charge >= 0.3 is 0 Å². The highest BCUT2D eigenvalue weighted by molar-refractivity contribution is 6.28. The number of nitrogen functional groups attached to an aromatic ring is 1. The summed E-state index contributed by atoms with van der Waals surface area (Å²) >= 11 is 5.81. The fourth-order valence-electron chi connectivity index (χ4n) is 2.23. The minimum atomic E-state index is 0.262. The molecule has 0 aliphatic carbocycles. The van der Waals surface area contributed by atoms with Crippen molar-refractivity contribution in [3.63, 3.8) is 0 Å². The summed E-state index contributed by atoms with van der Waals surface area (Å²) in [6.45, 7) is 6.58. The fourth-order valence-corrected chi connectivity index (χ4v) is 2.36. The van der Waals surface area contributed by atoms with Crippen LogP contribution in [-0.2, 0) is 0 Å². The fraction of sp³-hybridized carbons (Fsp3) is 0.667. The molecular weight excluding hydrogens is 236 g/mol. The van der Waals surface area contributed by atoms with Crippen LogP contribution < -0.4 is 10.6 Å². The molecule has 0 radical (unpaired) electrons. The molecule has 0 unspecified atom stereocenters. The lowest BCUT2D eigenvalue weighted by atomic mass is 9.78. The van der Waals surface area contributed by atoms with Crippen LogP contribution in [-0.4, -0.2) is 23.1 Å². The molecular formula is C12H19ClN4. The highest BCUT2D eigenvalue weighted by atomic mass is 35.5. The first-order chi connectivity index (χ1) is 8.04. The van der Waals surface area contributed by atoms with Crippen molar-refractivity contribution in [1.82, 2.24) is 9.97 Å². The smallest absolute Gasteiger partial charge is 0.224 e.